The SMILES string of the molecule is CO.CO.CO.CO.CO.[H-].[H-].[H-].[H-].[Na+].[Na+].[Na+].[Na+]. The van der Waals surface area contributed by atoms with Crippen molar-refractivity contribution in [2.75, 3.05) is 35.5 Å². The average molecular weight is 256 g/mol. The Kier molecular flexibility index (Phi) is 1350. The van der Waals surface area contributed by atoms with Gasteiger partial charge in [0.1, 0.15) is 0 Å². The fourth-order valence-corrected chi connectivity index (χ4v) is 0. The van der Waals surface area contributed by atoms with Crippen molar-refractivity contribution in [1.29, 1.82) is 0 Å². The van der Waals surface area contributed by atoms with Gasteiger partial charge in [-0.2, -0.15) is 0 Å². The summed E-state index contributed by atoms with van der Waals surface area (Å²) < 4.78 is 0. The summed E-state index contributed by atoms with van der Waals surface area (Å²) >= 11 is 0. The molecule has 0 unspecified atom stereocenters. The van der Waals surface area contributed by atoms with Gasteiger partial charge in [-0.25, -0.2) is 0 Å². The summed E-state index contributed by atoms with van der Waals surface area (Å²) in [5, 5.41) is 35.0. The van der Waals surface area contributed by atoms with Crippen LogP contribution in [0.2, 0.25) is 0 Å². The van der Waals surface area contributed by atoms with Gasteiger partial charge < -0.3 is 31.2 Å². The molecule has 0 aliphatic heterocycles. The van der Waals surface area contributed by atoms with E-state index in [-0.39, 0.29) is 124 Å². The second-order valence-corrected chi connectivity index (χ2v) is 0. The molecule has 0 spiro atoms. The van der Waals surface area contributed by atoms with E-state index in [0.29, 0.717) is 0 Å². The monoisotopic (exact) mass is 256 g/mol. The number of aliphatic hydroxyl groups is 5. The fraction of sp³-hybridized carbons (Fsp3) is 1.00. The van der Waals surface area contributed by atoms with Gasteiger partial charge in [0.2, 0.25) is 0 Å². The van der Waals surface area contributed by atoms with Gasteiger partial charge in [-0.15, -0.1) is 0 Å². The standard InChI is InChI=1S/5CH4O.4Na.4H/c5*1-2;;;;;;;;/h5*2H,1H3;;;;;;;;/q;;;;;4*+1;4*-1. The molecule has 0 heterocycles. The van der Waals surface area contributed by atoms with E-state index < -0.39 is 0 Å². The topological polar surface area (TPSA) is 101 Å². The predicted molar refractivity (Wildman–Crippen MR) is 45.2 cm³/mol. The maximum Gasteiger partial charge on any atom is 1.00 e. The molecule has 0 aromatic rings. The van der Waals surface area contributed by atoms with Gasteiger partial charge in [0.15, 0.2) is 0 Å². The van der Waals surface area contributed by atoms with Crippen molar-refractivity contribution in [3.8, 4) is 0 Å². The Morgan fingerprint density at radius 2 is 0.357 bits per heavy atom. The molecule has 78 valence electrons. The molecule has 0 fully saturated rings. The number of hydrogen-bond acceptors (Lipinski definition) is 5. The molecule has 0 saturated heterocycles. The van der Waals surface area contributed by atoms with Gasteiger partial charge >= 0.3 is 118 Å². The molecule has 14 heavy (non-hydrogen) atoms. The first-order valence-corrected chi connectivity index (χ1v) is 2.24. The Hall–Kier alpha value is 3.80. The Morgan fingerprint density at radius 1 is 0.357 bits per heavy atom. The van der Waals surface area contributed by atoms with E-state index in [1.807, 2.05) is 0 Å². The van der Waals surface area contributed by atoms with Crippen molar-refractivity contribution in [2.45, 2.75) is 0 Å². The van der Waals surface area contributed by atoms with Crippen LogP contribution in [-0.2, 0) is 0 Å². The summed E-state index contributed by atoms with van der Waals surface area (Å²) in [5.74, 6) is 0. The zero-order chi connectivity index (χ0) is 10.0. The Morgan fingerprint density at radius 3 is 0.357 bits per heavy atom. The van der Waals surface area contributed by atoms with Crippen LogP contribution in [0.25, 0.3) is 0 Å². The van der Waals surface area contributed by atoms with E-state index in [9.17, 15) is 0 Å². The van der Waals surface area contributed by atoms with Crippen LogP contribution in [0.1, 0.15) is 5.71 Å². The molecule has 0 amide bonds. The first kappa shape index (κ1) is 64.9. The summed E-state index contributed by atoms with van der Waals surface area (Å²) in [4.78, 5) is 0. The molecule has 0 radical (unpaired) electrons. The maximum absolute atomic E-state index is 7.00. The molecule has 9 heteroatoms. The van der Waals surface area contributed by atoms with Crippen LogP contribution in [-0.4, -0.2) is 61.1 Å². The third-order valence-corrected chi connectivity index (χ3v) is 0. The van der Waals surface area contributed by atoms with E-state index in [0.717, 1.165) is 35.5 Å². The average Bonchev–Trinajstić information content (AvgIpc) is 2.20. The van der Waals surface area contributed by atoms with Crippen LogP contribution in [0.4, 0.5) is 0 Å². The summed E-state index contributed by atoms with van der Waals surface area (Å²) in [5.41, 5.74) is 0. The van der Waals surface area contributed by atoms with Crippen LogP contribution >= 0.6 is 0 Å². The van der Waals surface area contributed by atoms with Gasteiger partial charge in [-0.1, -0.05) is 0 Å². The Balaban J connectivity index is -0.00000000142. The van der Waals surface area contributed by atoms with Gasteiger partial charge in [-0.05, 0) is 0 Å². The predicted octanol–water partition coefficient (Wildman–Crippen LogP) is -13.5. The molecule has 5 N–H and O–H groups in total. The van der Waals surface area contributed by atoms with Crippen LogP contribution in [0.3, 0.4) is 0 Å². The van der Waals surface area contributed by atoms with E-state index in [4.69, 9.17) is 25.5 Å². The van der Waals surface area contributed by atoms with E-state index in [2.05, 4.69) is 0 Å². The normalized spacial score (nSPS) is 2.14. The first-order valence-electron chi connectivity index (χ1n) is 2.24. The number of hydrogen-bond donors (Lipinski definition) is 5. The summed E-state index contributed by atoms with van der Waals surface area (Å²) in [6.45, 7) is 0. The molecule has 5 nitrogen and oxygen atoms in total. The third kappa shape index (κ3) is 240. The Bertz CT molecular complexity index is 35.8. The van der Waals surface area contributed by atoms with Crippen LogP contribution in [0, 0.1) is 0 Å². The van der Waals surface area contributed by atoms with Gasteiger partial charge in [0.25, 0.3) is 0 Å². The molecular weight excluding hydrogens is 232 g/mol. The smallest absolute Gasteiger partial charge is 1.00 e. The molecule has 0 bridgehead atoms. The van der Waals surface area contributed by atoms with Crippen molar-refractivity contribution < 1.29 is 149 Å². The second-order valence-electron chi connectivity index (χ2n) is 0. The van der Waals surface area contributed by atoms with Crippen molar-refractivity contribution in [1.82, 2.24) is 0 Å². The summed E-state index contributed by atoms with van der Waals surface area (Å²) in [6.07, 6.45) is 0. The summed E-state index contributed by atoms with van der Waals surface area (Å²) in [6, 6.07) is 0. The molecule has 0 aromatic carbocycles. The van der Waals surface area contributed by atoms with Gasteiger partial charge in [-0.3, -0.25) is 0 Å². The van der Waals surface area contributed by atoms with Gasteiger partial charge in [0, 0.05) is 35.5 Å². The minimum atomic E-state index is 0. The largest absolute Gasteiger partial charge is 1.00 e. The van der Waals surface area contributed by atoms with E-state index >= 15 is 0 Å². The van der Waals surface area contributed by atoms with Crippen LogP contribution < -0.4 is 118 Å². The molecule has 0 aromatic heterocycles. The van der Waals surface area contributed by atoms with Crippen molar-refractivity contribution in [3.05, 3.63) is 0 Å². The van der Waals surface area contributed by atoms with E-state index in [1.165, 1.54) is 0 Å². The Labute approximate surface area is 182 Å². The molecule has 0 aliphatic carbocycles. The summed E-state index contributed by atoms with van der Waals surface area (Å²) in [7, 11) is 5.00. The van der Waals surface area contributed by atoms with Crippen LogP contribution in [0.5, 0.6) is 0 Å². The fourth-order valence-electron chi connectivity index (χ4n) is 0. The van der Waals surface area contributed by atoms with Crippen molar-refractivity contribution in [2.24, 2.45) is 0 Å². The zero-order valence-corrected chi connectivity index (χ0v) is 19.2. The van der Waals surface area contributed by atoms with Crippen LogP contribution in [0.15, 0.2) is 0 Å². The van der Waals surface area contributed by atoms with Crippen molar-refractivity contribution >= 4 is 0 Å². The quantitative estimate of drug-likeness (QED) is 0.277. The maximum atomic E-state index is 7.00. The van der Waals surface area contributed by atoms with Gasteiger partial charge in [0.05, 0.1) is 0 Å². The number of rotatable bonds is 0. The second kappa shape index (κ2) is 290. The minimum absolute atomic E-state index is 0. The zero-order valence-electron chi connectivity index (χ0n) is 15.2. The molecule has 0 aliphatic rings. The molecule has 0 saturated carbocycles. The third-order valence-electron chi connectivity index (χ3n) is 0. The van der Waals surface area contributed by atoms with E-state index in [1.54, 1.807) is 0 Å². The molecule has 0 atom stereocenters. The number of aliphatic hydroxyl groups excluding tert-OH is 5. The van der Waals surface area contributed by atoms with Crippen molar-refractivity contribution in [3.63, 3.8) is 0 Å². The molecule has 0 rings (SSSR count). The first-order chi connectivity index (χ1) is 5.00. The minimum Gasteiger partial charge on any atom is -1.00 e. The molecular formula is C5H24Na4O5.